The van der Waals surface area contributed by atoms with Gasteiger partial charge >= 0.3 is 0 Å². The highest BCUT2D eigenvalue weighted by molar-refractivity contribution is 6.13. The number of fused-ring (bicyclic) bond motifs is 4. The fourth-order valence-corrected chi connectivity index (χ4v) is 5.83. The van der Waals surface area contributed by atoms with Crippen molar-refractivity contribution in [2.24, 2.45) is 11.5 Å². The summed E-state index contributed by atoms with van der Waals surface area (Å²) >= 11 is 0. The quantitative estimate of drug-likeness (QED) is 0.205. The first kappa shape index (κ1) is 33.8. The minimum absolute atomic E-state index is 0.000847. The van der Waals surface area contributed by atoms with Crippen LogP contribution in [-0.2, 0) is 6.54 Å². The maximum Gasteiger partial charge on any atom is 0.0554 e. The number of hydrogen-bond donors (Lipinski definition) is 2. The Morgan fingerprint density at radius 3 is 2.52 bits per heavy atom. The topological polar surface area (TPSA) is 60.2 Å². The number of nitrogens with two attached hydrogens (primary N) is 2. The number of allylic oxidation sites excluding steroid dienone is 11. The van der Waals surface area contributed by atoms with Gasteiger partial charge in [-0.2, -0.15) is 0 Å². The number of rotatable bonds is 7. The van der Waals surface area contributed by atoms with Crippen molar-refractivity contribution in [1.29, 1.82) is 0 Å². The number of unbranched alkanes of at least 4 members (excludes halogenated alkanes) is 1. The third-order valence-corrected chi connectivity index (χ3v) is 7.85. The van der Waals surface area contributed by atoms with Crippen LogP contribution in [0.1, 0.15) is 63.3 Å². The molecule has 2 aliphatic heterocycles. The Balaban J connectivity index is 0.000000422. The molecule has 4 nitrogen and oxygen atoms in total. The van der Waals surface area contributed by atoms with Gasteiger partial charge in [0, 0.05) is 46.5 Å². The molecule has 0 saturated carbocycles. The molecule has 0 spiro atoms. The van der Waals surface area contributed by atoms with E-state index in [1.165, 1.54) is 32.9 Å². The summed E-state index contributed by atoms with van der Waals surface area (Å²) in [4.78, 5) is 2.25. The number of nitrogens with zero attached hydrogens (tertiary/aromatic N) is 2. The minimum atomic E-state index is 0.000847. The van der Waals surface area contributed by atoms with Crippen LogP contribution in [0.3, 0.4) is 0 Å². The summed E-state index contributed by atoms with van der Waals surface area (Å²) in [6.45, 7) is 16.8. The average molecular weight is 609 g/mol. The van der Waals surface area contributed by atoms with Crippen LogP contribution in [0.5, 0.6) is 0 Å². The zero-order valence-electron chi connectivity index (χ0n) is 27.8. The monoisotopic (exact) mass is 608 g/mol. The molecule has 1 aromatic heterocycles. The van der Waals surface area contributed by atoms with Crippen molar-refractivity contribution in [2.45, 2.75) is 53.1 Å². The zero-order chi connectivity index (χ0) is 33.1. The van der Waals surface area contributed by atoms with E-state index in [2.05, 4.69) is 133 Å². The van der Waals surface area contributed by atoms with Gasteiger partial charge in [0.05, 0.1) is 16.7 Å². The van der Waals surface area contributed by atoms with Crippen molar-refractivity contribution in [1.82, 2.24) is 4.57 Å². The minimum Gasteiger partial charge on any atom is -0.399 e. The second-order valence-corrected chi connectivity index (χ2v) is 11.0. The Morgan fingerprint density at radius 2 is 1.80 bits per heavy atom. The predicted molar refractivity (Wildman–Crippen MR) is 204 cm³/mol. The third-order valence-electron chi connectivity index (χ3n) is 7.85. The Hall–Kier alpha value is -5.06. The Bertz CT molecular complexity index is 1860. The van der Waals surface area contributed by atoms with Gasteiger partial charge in [0.25, 0.3) is 0 Å². The molecule has 0 radical (unpaired) electrons. The average Bonchev–Trinajstić information content (AvgIpc) is 3.56. The summed E-state index contributed by atoms with van der Waals surface area (Å²) in [5, 5.41) is 2.51. The first-order chi connectivity index (χ1) is 22.5. The highest BCUT2D eigenvalue weighted by Gasteiger charge is 2.27. The van der Waals surface area contributed by atoms with E-state index in [-0.39, 0.29) is 6.04 Å². The maximum atomic E-state index is 6.66. The second-order valence-electron chi connectivity index (χ2n) is 11.0. The van der Waals surface area contributed by atoms with Crippen LogP contribution in [-0.4, -0.2) is 4.57 Å². The van der Waals surface area contributed by atoms with Gasteiger partial charge in [0.2, 0.25) is 0 Å². The summed E-state index contributed by atoms with van der Waals surface area (Å²) in [7, 11) is 0. The molecule has 1 unspecified atom stereocenters. The van der Waals surface area contributed by atoms with Crippen LogP contribution in [0.15, 0.2) is 140 Å². The van der Waals surface area contributed by atoms with E-state index in [0.29, 0.717) is 0 Å². The summed E-state index contributed by atoms with van der Waals surface area (Å²) in [5.74, 6) is 0. The molecule has 6 rings (SSSR count). The van der Waals surface area contributed by atoms with Gasteiger partial charge in [0.15, 0.2) is 0 Å². The summed E-state index contributed by atoms with van der Waals surface area (Å²) in [6.07, 6.45) is 26.4. The number of benzene rings is 3. The van der Waals surface area contributed by atoms with E-state index < -0.39 is 0 Å². The van der Waals surface area contributed by atoms with E-state index in [1.54, 1.807) is 12.2 Å². The lowest BCUT2D eigenvalue weighted by Crippen LogP contribution is -2.13. The van der Waals surface area contributed by atoms with Crippen molar-refractivity contribution in [3.63, 3.8) is 0 Å². The zero-order valence-corrected chi connectivity index (χ0v) is 27.8. The molecular formula is C42H48N4. The molecule has 3 aromatic carbocycles. The van der Waals surface area contributed by atoms with Gasteiger partial charge in [-0.15, -0.1) is 0 Å². The van der Waals surface area contributed by atoms with Crippen molar-refractivity contribution in [3.05, 3.63) is 157 Å². The molecule has 4 N–H and O–H groups in total. The van der Waals surface area contributed by atoms with E-state index in [1.807, 2.05) is 32.9 Å². The van der Waals surface area contributed by atoms with Crippen molar-refractivity contribution in [2.75, 3.05) is 4.90 Å². The predicted octanol–water partition coefficient (Wildman–Crippen LogP) is 11.0. The highest BCUT2D eigenvalue weighted by atomic mass is 15.1. The highest BCUT2D eigenvalue weighted by Crippen LogP contribution is 2.44. The molecule has 0 fully saturated rings. The van der Waals surface area contributed by atoms with Crippen LogP contribution >= 0.6 is 0 Å². The normalized spacial score (nSPS) is 17.1. The van der Waals surface area contributed by atoms with Gasteiger partial charge in [-0.1, -0.05) is 107 Å². The van der Waals surface area contributed by atoms with Crippen LogP contribution in [0, 0.1) is 0 Å². The molecule has 4 heteroatoms. The number of hydrogen-bond acceptors (Lipinski definition) is 3. The van der Waals surface area contributed by atoms with E-state index in [9.17, 15) is 0 Å². The summed E-state index contributed by atoms with van der Waals surface area (Å²) < 4.78 is 2.41. The molecule has 2 aliphatic rings. The Labute approximate surface area is 275 Å². The van der Waals surface area contributed by atoms with Crippen molar-refractivity contribution >= 4 is 44.8 Å². The largest absolute Gasteiger partial charge is 0.399 e. The lowest BCUT2D eigenvalue weighted by molar-refractivity contribution is 0.647. The fraction of sp³-hybridized carbons (Fsp3) is 0.190. The Kier molecular flexibility index (Phi) is 12.0. The van der Waals surface area contributed by atoms with Gasteiger partial charge in [-0.3, -0.25) is 0 Å². The number of anilines is 2. The third kappa shape index (κ3) is 7.42. The van der Waals surface area contributed by atoms with Gasteiger partial charge in [0.1, 0.15) is 0 Å². The van der Waals surface area contributed by atoms with E-state index in [4.69, 9.17) is 11.5 Å². The van der Waals surface area contributed by atoms with Gasteiger partial charge < -0.3 is 20.9 Å². The summed E-state index contributed by atoms with van der Waals surface area (Å²) in [6, 6.07) is 19.7. The van der Waals surface area contributed by atoms with E-state index >= 15 is 0 Å². The maximum absolute atomic E-state index is 6.66. The molecule has 1 atom stereocenters. The van der Waals surface area contributed by atoms with Crippen molar-refractivity contribution < 1.29 is 0 Å². The lowest BCUT2D eigenvalue weighted by Gasteiger charge is -2.25. The molecule has 236 valence electrons. The first-order valence-electron chi connectivity index (χ1n) is 16.3. The molecule has 0 bridgehead atoms. The molecule has 0 saturated heterocycles. The van der Waals surface area contributed by atoms with Crippen LogP contribution < -0.4 is 16.4 Å². The fourth-order valence-electron chi connectivity index (χ4n) is 5.83. The molecule has 4 aromatic rings. The van der Waals surface area contributed by atoms with Gasteiger partial charge in [-0.05, 0) is 84.7 Å². The van der Waals surface area contributed by atoms with Crippen LogP contribution in [0.2, 0.25) is 0 Å². The number of para-hydroxylation sites is 1. The van der Waals surface area contributed by atoms with Gasteiger partial charge in [-0.25, -0.2) is 0 Å². The molecule has 46 heavy (non-hydrogen) atoms. The van der Waals surface area contributed by atoms with Crippen molar-refractivity contribution in [3.8, 4) is 0 Å². The molecular weight excluding hydrogens is 560 g/mol. The lowest BCUT2D eigenvalue weighted by atomic mass is 9.96. The molecule has 0 amide bonds. The Morgan fingerprint density at radius 1 is 1.02 bits per heavy atom. The molecule has 0 aliphatic carbocycles. The summed E-state index contributed by atoms with van der Waals surface area (Å²) in [5.41, 5.74) is 22.1. The second kappa shape index (κ2) is 16.3. The molecule has 3 heterocycles. The number of aromatic nitrogens is 1. The van der Waals surface area contributed by atoms with Crippen LogP contribution in [0.4, 0.5) is 11.4 Å². The van der Waals surface area contributed by atoms with Crippen LogP contribution in [0.25, 0.3) is 33.5 Å². The first-order valence-corrected chi connectivity index (χ1v) is 16.3. The SMILES string of the molecule is C=C/C=C(N)\C=C/C.C=C1/C=C\C=C/N(c2ccccc2)c2cc3c(cc21)c1cc(C=C/C=C\CCC)cc2c1n3CC2N.CC. The smallest absolute Gasteiger partial charge is 0.0554 e. The van der Waals surface area contributed by atoms with E-state index in [0.717, 1.165) is 47.6 Å². The standard InChI is InChI=1S/C33H31N3.C7H11N.C2H6/c1-3-4-5-6-8-14-24-18-28-27-20-26-23(2)13-11-12-17-35(25-15-9-7-10-16-25)31(26)21-32(27)36-22-30(34)29(19-24)33(28)36;1-3-5-7(8)6-4-2;1-2/h5-21,30H,2-4,22,34H2,1H3;3-6H,1,8H2,2H3;1-2H3/b6-5-,13-11-,14-8?,17-12-;6-4-,7-5+;.